The van der Waals surface area contributed by atoms with Crippen molar-refractivity contribution in [1.82, 2.24) is 4.90 Å². The molecule has 0 aromatic heterocycles. The Morgan fingerprint density at radius 2 is 1.79 bits per heavy atom. The molecular formula is C19H25N3O2. The molecule has 128 valence electrons. The Kier molecular flexibility index (Phi) is 6.79. The van der Waals surface area contributed by atoms with E-state index in [1.54, 1.807) is 6.08 Å². The lowest BCUT2D eigenvalue weighted by Gasteiger charge is -2.31. The van der Waals surface area contributed by atoms with Gasteiger partial charge in [-0.05, 0) is 32.0 Å². The molecule has 0 bridgehead atoms. The Morgan fingerprint density at radius 3 is 2.38 bits per heavy atom. The van der Waals surface area contributed by atoms with Crippen LogP contribution in [0.3, 0.4) is 0 Å². The summed E-state index contributed by atoms with van der Waals surface area (Å²) in [7, 11) is 0. The Hall–Kier alpha value is -2.36. The van der Waals surface area contributed by atoms with Gasteiger partial charge in [0.2, 0.25) is 5.76 Å². The largest absolute Gasteiger partial charge is 0.496 e. The highest BCUT2D eigenvalue weighted by atomic mass is 16.5. The third-order valence-electron chi connectivity index (χ3n) is 3.88. The second-order valence-electron chi connectivity index (χ2n) is 5.42. The van der Waals surface area contributed by atoms with Gasteiger partial charge in [0.15, 0.2) is 0 Å². The molecule has 0 heterocycles. The molecule has 0 saturated heterocycles. The topological polar surface area (TPSA) is 58.1 Å². The Labute approximate surface area is 143 Å². The van der Waals surface area contributed by atoms with Crippen LogP contribution in [0.25, 0.3) is 5.53 Å². The van der Waals surface area contributed by atoms with Crippen molar-refractivity contribution in [1.29, 1.82) is 0 Å². The first-order valence-corrected chi connectivity index (χ1v) is 8.42. The molecule has 1 aliphatic rings. The first-order valence-electron chi connectivity index (χ1n) is 8.42. The van der Waals surface area contributed by atoms with E-state index < -0.39 is 0 Å². The van der Waals surface area contributed by atoms with Crippen LogP contribution in [0.4, 0.5) is 0 Å². The van der Waals surface area contributed by atoms with Crippen LogP contribution in [0.2, 0.25) is 0 Å². The van der Waals surface area contributed by atoms with Crippen LogP contribution >= 0.6 is 0 Å². The van der Waals surface area contributed by atoms with Crippen LogP contribution in [0.5, 0.6) is 0 Å². The van der Waals surface area contributed by atoms with Gasteiger partial charge in [-0.1, -0.05) is 37.3 Å². The first kappa shape index (κ1) is 18.0. The van der Waals surface area contributed by atoms with Crippen molar-refractivity contribution in [2.45, 2.75) is 33.4 Å². The van der Waals surface area contributed by atoms with E-state index in [4.69, 9.17) is 9.47 Å². The second-order valence-corrected chi connectivity index (χ2v) is 5.42. The normalized spacial score (nSPS) is 17.2. The molecule has 2 rings (SSSR count). The van der Waals surface area contributed by atoms with Crippen LogP contribution in [0, 0.1) is 0 Å². The monoisotopic (exact) mass is 327 g/mol. The van der Waals surface area contributed by atoms with E-state index in [1.807, 2.05) is 38.1 Å². The Morgan fingerprint density at radius 1 is 1.08 bits per heavy atom. The highest BCUT2D eigenvalue weighted by molar-refractivity contribution is 6.04. The molecule has 0 amide bonds. The maximum atomic E-state index is 9.24. The summed E-state index contributed by atoms with van der Waals surface area (Å²) in [5.74, 6) is 1.35. The minimum absolute atomic E-state index is 0.0535. The standard InChI is InChI=1S/C19H25N3O2/c1-4-22(14-15-10-8-7-9-11-15)17-13-18(23-5-2)16(21-20)12-19(17)24-6-3/h7-13,17H,4-6,14H2,1-3H3. The highest BCUT2D eigenvalue weighted by Gasteiger charge is 2.31. The minimum atomic E-state index is -0.0535. The number of ether oxygens (including phenoxy) is 2. The summed E-state index contributed by atoms with van der Waals surface area (Å²) in [6, 6.07) is 10.3. The van der Waals surface area contributed by atoms with Gasteiger partial charge in [-0.2, -0.15) is 4.79 Å². The van der Waals surface area contributed by atoms with Crippen molar-refractivity contribution in [3.05, 3.63) is 65.1 Å². The lowest BCUT2D eigenvalue weighted by molar-refractivity contribution is -0.00893. The lowest BCUT2D eigenvalue weighted by atomic mass is 10.0. The maximum absolute atomic E-state index is 9.24. The molecule has 24 heavy (non-hydrogen) atoms. The van der Waals surface area contributed by atoms with Crippen molar-refractivity contribution < 1.29 is 14.3 Å². The van der Waals surface area contributed by atoms with Crippen LogP contribution in [0.1, 0.15) is 26.3 Å². The number of benzene rings is 1. The van der Waals surface area contributed by atoms with E-state index >= 15 is 0 Å². The SMILES string of the molecule is CCOC1=CC(N(CC)Cc2ccccc2)C(OCC)=CC1=[N+]=[N-]. The predicted octanol–water partition coefficient (Wildman–Crippen LogP) is 3.40. The van der Waals surface area contributed by atoms with Gasteiger partial charge in [0.25, 0.3) is 0 Å². The summed E-state index contributed by atoms with van der Waals surface area (Å²) in [4.78, 5) is 5.63. The summed E-state index contributed by atoms with van der Waals surface area (Å²) in [5, 5.41) is 0. The van der Waals surface area contributed by atoms with Crippen LogP contribution in [0.15, 0.2) is 54.0 Å². The summed E-state index contributed by atoms with van der Waals surface area (Å²) < 4.78 is 11.4. The second kappa shape index (κ2) is 9.06. The zero-order valence-electron chi connectivity index (χ0n) is 14.6. The van der Waals surface area contributed by atoms with Gasteiger partial charge in [-0.15, -0.1) is 0 Å². The van der Waals surface area contributed by atoms with Crippen molar-refractivity contribution in [3.63, 3.8) is 0 Å². The van der Waals surface area contributed by atoms with Gasteiger partial charge < -0.3 is 15.0 Å². The van der Waals surface area contributed by atoms with Crippen molar-refractivity contribution >= 4 is 5.71 Å². The summed E-state index contributed by atoms with van der Waals surface area (Å²) in [6.45, 7) is 8.70. The summed E-state index contributed by atoms with van der Waals surface area (Å²) in [5.41, 5.74) is 10.9. The fourth-order valence-corrected chi connectivity index (χ4v) is 2.76. The molecule has 1 unspecified atom stereocenters. The van der Waals surface area contributed by atoms with Crippen molar-refractivity contribution in [2.24, 2.45) is 0 Å². The zero-order chi connectivity index (χ0) is 17.4. The molecule has 0 aliphatic heterocycles. The van der Waals surface area contributed by atoms with E-state index in [0.717, 1.165) is 18.8 Å². The predicted molar refractivity (Wildman–Crippen MR) is 94.4 cm³/mol. The van der Waals surface area contributed by atoms with Gasteiger partial charge >= 0.3 is 5.71 Å². The molecule has 0 N–H and O–H groups in total. The molecule has 0 radical (unpaired) electrons. The number of allylic oxidation sites excluding steroid dienone is 1. The first-order chi connectivity index (χ1) is 11.7. The molecule has 1 aromatic carbocycles. The highest BCUT2D eigenvalue weighted by Crippen LogP contribution is 2.24. The number of hydrogen-bond donors (Lipinski definition) is 0. The quantitative estimate of drug-likeness (QED) is 0.543. The number of hydrogen-bond acceptors (Lipinski definition) is 3. The molecular weight excluding hydrogens is 302 g/mol. The van der Waals surface area contributed by atoms with Gasteiger partial charge in [0, 0.05) is 6.54 Å². The van der Waals surface area contributed by atoms with E-state index in [9.17, 15) is 5.53 Å². The van der Waals surface area contributed by atoms with Crippen LogP contribution in [-0.4, -0.2) is 41.2 Å². The molecule has 1 atom stereocenters. The average Bonchev–Trinajstić information content (AvgIpc) is 2.62. The Balaban J connectivity index is 2.32. The third-order valence-corrected chi connectivity index (χ3v) is 3.88. The maximum Gasteiger partial charge on any atom is 0.359 e. The number of likely N-dealkylation sites (N-methyl/N-ethyl adjacent to an activating group) is 1. The van der Waals surface area contributed by atoms with Crippen molar-refractivity contribution in [2.75, 3.05) is 19.8 Å². The van der Waals surface area contributed by atoms with Gasteiger partial charge in [0.1, 0.15) is 5.76 Å². The molecule has 1 aromatic rings. The zero-order valence-corrected chi connectivity index (χ0v) is 14.6. The fourth-order valence-electron chi connectivity index (χ4n) is 2.76. The molecule has 0 fully saturated rings. The molecule has 5 nitrogen and oxygen atoms in total. The number of nitrogens with zero attached hydrogens (tertiary/aromatic N) is 3. The Bertz CT molecular complexity index is 646. The minimum Gasteiger partial charge on any atom is -0.496 e. The van der Waals surface area contributed by atoms with E-state index in [0.29, 0.717) is 24.7 Å². The summed E-state index contributed by atoms with van der Waals surface area (Å²) in [6.07, 6.45) is 3.72. The molecule has 0 saturated carbocycles. The van der Waals surface area contributed by atoms with E-state index in [1.165, 1.54) is 5.56 Å². The van der Waals surface area contributed by atoms with Gasteiger partial charge in [-0.25, -0.2) is 0 Å². The van der Waals surface area contributed by atoms with E-state index in [-0.39, 0.29) is 6.04 Å². The number of rotatable bonds is 8. The molecule has 0 spiro atoms. The van der Waals surface area contributed by atoms with Crippen LogP contribution in [-0.2, 0) is 16.0 Å². The fraction of sp³-hybridized carbons (Fsp3) is 0.421. The van der Waals surface area contributed by atoms with Gasteiger partial charge in [0.05, 0.1) is 25.3 Å². The van der Waals surface area contributed by atoms with E-state index in [2.05, 4.69) is 28.7 Å². The molecule has 5 heteroatoms. The summed E-state index contributed by atoms with van der Waals surface area (Å²) >= 11 is 0. The smallest absolute Gasteiger partial charge is 0.359 e. The average molecular weight is 327 g/mol. The molecule has 1 aliphatic carbocycles. The lowest BCUT2D eigenvalue weighted by Crippen LogP contribution is -2.38. The third kappa shape index (κ3) is 4.34. The van der Waals surface area contributed by atoms with Crippen LogP contribution < -0.4 is 0 Å². The van der Waals surface area contributed by atoms with Gasteiger partial charge in [-0.3, -0.25) is 4.90 Å². The van der Waals surface area contributed by atoms with Crippen molar-refractivity contribution in [3.8, 4) is 0 Å².